The Morgan fingerprint density at radius 2 is 1.94 bits per heavy atom. The maximum atomic E-state index is 9.12. The lowest BCUT2D eigenvalue weighted by atomic mass is 10.2. The van der Waals surface area contributed by atoms with Gasteiger partial charge in [-0.15, -0.1) is 0 Å². The lowest BCUT2D eigenvalue weighted by molar-refractivity contribution is 0.0700. The molecule has 1 aromatic rings. The summed E-state index contributed by atoms with van der Waals surface area (Å²) in [6, 6.07) is 5.45. The molecule has 0 aromatic heterocycles. The second-order valence-electron chi connectivity index (χ2n) is 3.09. The van der Waals surface area contributed by atoms with Gasteiger partial charge in [0.05, 0.1) is 26.4 Å². The van der Waals surface area contributed by atoms with Gasteiger partial charge in [-0.25, -0.2) is 0 Å². The van der Waals surface area contributed by atoms with Crippen LogP contribution in [0.5, 0.6) is 5.75 Å². The van der Waals surface area contributed by atoms with Crippen molar-refractivity contribution >= 4 is 15.9 Å². The molecule has 0 atom stereocenters. The molecule has 16 heavy (non-hydrogen) atoms. The van der Waals surface area contributed by atoms with Gasteiger partial charge in [-0.2, -0.15) is 0 Å². The maximum absolute atomic E-state index is 9.12. The summed E-state index contributed by atoms with van der Waals surface area (Å²) in [7, 11) is 0. The fourth-order valence-corrected chi connectivity index (χ4v) is 1.60. The van der Waals surface area contributed by atoms with Crippen LogP contribution < -0.4 is 4.74 Å². The Morgan fingerprint density at radius 3 is 2.62 bits per heavy atom. The normalized spacial score (nSPS) is 10.4. The topological polar surface area (TPSA) is 58.9 Å². The Kier molecular flexibility index (Phi) is 6.40. The summed E-state index contributed by atoms with van der Waals surface area (Å²) >= 11 is 3.32. The van der Waals surface area contributed by atoms with Crippen molar-refractivity contribution in [3.8, 4) is 5.75 Å². The minimum atomic E-state index is -0.0632. The SMILES string of the molecule is OCCOCCOc1ccc(Br)cc1CO. The van der Waals surface area contributed by atoms with Gasteiger partial charge < -0.3 is 19.7 Å². The lowest BCUT2D eigenvalue weighted by Crippen LogP contribution is -2.10. The van der Waals surface area contributed by atoms with E-state index in [4.69, 9.17) is 19.7 Å². The van der Waals surface area contributed by atoms with E-state index in [2.05, 4.69) is 15.9 Å². The molecule has 0 radical (unpaired) electrons. The summed E-state index contributed by atoms with van der Waals surface area (Å²) < 4.78 is 11.4. The molecule has 0 aliphatic heterocycles. The molecule has 0 unspecified atom stereocenters. The molecule has 1 rings (SSSR count). The first-order chi connectivity index (χ1) is 7.77. The zero-order chi connectivity index (χ0) is 11.8. The maximum Gasteiger partial charge on any atom is 0.125 e. The van der Waals surface area contributed by atoms with Crippen LogP contribution in [0.15, 0.2) is 22.7 Å². The molecule has 0 amide bonds. The molecule has 1 aromatic carbocycles. The molecule has 90 valence electrons. The molecular formula is C11H15BrO4. The number of ether oxygens (including phenoxy) is 2. The summed E-state index contributed by atoms with van der Waals surface area (Å²) in [5.74, 6) is 0.651. The van der Waals surface area contributed by atoms with Crippen molar-refractivity contribution in [3.63, 3.8) is 0 Å². The van der Waals surface area contributed by atoms with Crippen LogP contribution in [0.1, 0.15) is 5.56 Å². The fraction of sp³-hybridized carbons (Fsp3) is 0.455. The first-order valence-electron chi connectivity index (χ1n) is 4.98. The molecule has 5 heteroatoms. The third kappa shape index (κ3) is 4.49. The zero-order valence-electron chi connectivity index (χ0n) is 8.86. The predicted molar refractivity (Wildman–Crippen MR) is 63.5 cm³/mol. The van der Waals surface area contributed by atoms with E-state index in [9.17, 15) is 0 Å². The van der Waals surface area contributed by atoms with Crippen molar-refractivity contribution in [3.05, 3.63) is 28.2 Å². The summed E-state index contributed by atoms with van der Waals surface area (Å²) in [5.41, 5.74) is 0.733. The van der Waals surface area contributed by atoms with Crippen LogP contribution in [0.25, 0.3) is 0 Å². The highest BCUT2D eigenvalue weighted by Gasteiger charge is 2.03. The van der Waals surface area contributed by atoms with E-state index in [1.807, 2.05) is 12.1 Å². The van der Waals surface area contributed by atoms with Crippen LogP contribution in [0.4, 0.5) is 0 Å². The highest BCUT2D eigenvalue weighted by atomic mass is 79.9. The Labute approximate surface area is 103 Å². The molecule has 2 N–H and O–H groups in total. The first-order valence-corrected chi connectivity index (χ1v) is 5.78. The van der Waals surface area contributed by atoms with E-state index in [1.165, 1.54) is 0 Å². The fourth-order valence-electron chi connectivity index (χ4n) is 1.19. The monoisotopic (exact) mass is 290 g/mol. The van der Waals surface area contributed by atoms with Crippen LogP contribution >= 0.6 is 15.9 Å². The summed E-state index contributed by atoms with van der Waals surface area (Å²) in [4.78, 5) is 0. The van der Waals surface area contributed by atoms with Gasteiger partial charge in [0.25, 0.3) is 0 Å². The highest BCUT2D eigenvalue weighted by molar-refractivity contribution is 9.10. The molecule has 4 nitrogen and oxygen atoms in total. The van der Waals surface area contributed by atoms with E-state index in [-0.39, 0.29) is 13.2 Å². The van der Waals surface area contributed by atoms with Crippen molar-refractivity contribution in [1.82, 2.24) is 0 Å². The van der Waals surface area contributed by atoms with E-state index in [1.54, 1.807) is 6.07 Å². The van der Waals surface area contributed by atoms with Gasteiger partial charge in [-0.05, 0) is 18.2 Å². The summed E-state index contributed by atoms with van der Waals surface area (Å²) in [5, 5.41) is 17.6. The minimum Gasteiger partial charge on any atom is -0.491 e. The number of hydrogen-bond acceptors (Lipinski definition) is 4. The van der Waals surface area contributed by atoms with Crippen molar-refractivity contribution < 1.29 is 19.7 Å². The second kappa shape index (κ2) is 7.62. The zero-order valence-corrected chi connectivity index (χ0v) is 10.4. The average Bonchev–Trinajstić information content (AvgIpc) is 2.30. The number of benzene rings is 1. The molecule has 0 fully saturated rings. The Hall–Kier alpha value is -0.620. The summed E-state index contributed by atoms with van der Waals surface area (Å²) in [6.07, 6.45) is 0. The van der Waals surface area contributed by atoms with Gasteiger partial charge in [0.2, 0.25) is 0 Å². The first kappa shape index (κ1) is 13.4. The van der Waals surface area contributed by atoms with Crippen molar-refractivity contribution in [2.24, 2.45) is 0 Å². The standard InChI is InChI=1S/C11H15BrO4/c12-10-1-2-11(9(7-10)8-14)16-6-5-15-4-3-13/h1-2,7,13-14H,3-6,8H2. The van der Waals surface area contributed by atoms with E-state index >= 15 is 0 Å². The predicted octanol–water partition coefficient (Wildman–Crippen LogP) is 1.33. The molecule has 0 heterocycles. The molecule has 0 aliphatic carbocycles. The summed E-state index contributed by atoms with van der Waals surface area (Å²) in [6.45, 7) is 1.08. The third-order valence-electron chi connectivity index (χ3n) is 1.91. The van der Waals surface area contributed by atoms with Crippen molar-refractivity contribution in [2.75, 3.05) is 26.4 Å². The smallest absolute Gasteiger partial charge is 0.125 e. The van der Waals surface area contributed by atoms with E-state index < -0.39 is 0 Å². The van der Waals surface area contributed by atoms with E-state index in [0.717, 1.165) is 10.0 Å². The van der Waals surface area contributed by atoms with Crippen LogP contribution in [-0.4, -0.2) is 36.6 Å². The van der Waals surface area contributed by atoms with Gasteiger partial charge in [0, 0.05) is 10.0 Å². The Morgan fingerprint density at radius 1 is 1.12 bits per heavy atom. The third-order valence-corrected chi connectivity index (χ3v) is 2.41. The molecule has 0 saturated carbocycles. The van der Waals surface area contributed by atoms with Crippen molar-refractivity contribution in [1.29, 1.82) is 0 Å². The van der Waals surface area contributed by atoms with Crippen LogP contribution in [0.2, 0.25) is 0 Å². The molecule has 0 aliphatic rings. The molecule has 0 spiro atoms. The molecule has 0 bridgehead atoms. The quantitative estimate of drug-likeness (QED) is 0.744. The van der Waals surface area contributed by atoms with E-state index in [0.29, 0.717) is 25.6 Å². The lowest BCUT2D eigenvalue weighted by Gasteiger charge is -2.10. The number of aliphatic hydroxyl groups is 2. The number of aliphatic hydroxyl groups excluding tert-OH is 2. The highest BCUT2D eigenvalue weighted by Crippen LogP contribution is 2.23. The largest absolute Gasteiger partial charge is 0.491 e. The van der Waals surface area contributed by atoms with Gasteiger partial charge in [0.1, 0.15) is 12.4 Å². The average molecular weight is 291 g/mol. The Bertz CT molecular complexity index is 317. The van der Waals surface area contributed by atoms with Gasteiger partial charge in [0.15, 0.2) is 0 Å². The molecular weight excluding hydrogens is 276 g/mol. The molecule has 0 saturated heterocycles. The van der Waals surface area contributed by atoms with Gasteiger partial charge in [-0.1, -0.05) is 15.9 Å². The number of rotatable bonds is 7. The number of hydrogen-bond donors (Lipinski definition) is 2. The Balaban J connectivity index is 2.41. The second-order valence-corrected chi connectivity index (χ2v) is 4.01. The number of halogens is 1. The van der Waals surface area contributed by atoms with Crippen LogP contribution in [-0.2, 0) is 11.3 Å². The van der Waals surface area contributed by atoms with Crippen molar-refractivity contribution in [2.45, 2.75) is 6.61 Å². The minimum absolute atomic E-state index is 0.0141. The van der Waals surface area contributed by atoms with Gasteiger partial charge in [-0.3, -0.25) is 0 Å². The van der Waals surface area contributed by atoms with Gasteiger partial charge >= 0.3 is 0 Å². The van der Waals surface area contributed by atoms with Crippen LogP contribution in [0.3, 0.4) is 0 Å². The van der Waals surface area contributed by atoms with Crippen LogP contribution in [0, 0.1) is 0 Å².